The van der Waals surface area contributed by atoms with E-state index in [0.717, 1.165) is 17.3 Å². The number of carbonyl (C=O) groups is 1. The van der Waals surface area contributed by atoms with Crippen LogP contribution in [0, 0.1) is 6.92 Å². The molecular formula is C20H18F3N5O3. The average Bonchev–Trinajstić information content (AvgIpc) is 3.20. The van der Waals surface area contributed by atoms with E-state index < -0.39 is 24.4 Å². The largest absolute Gasteiger partial charge is 0.495 e. The molecule has 0 fully saturated rings. The monoisotopic (exact) mass is 433 g/mol. The van der Waals surface area contributed by atoms with Crippen molar-refractivity contribution >= 4 is 11.6 Å². The molecule has 0 bridgehead atoms. The first-order valence-corrected chi connectivity index (χ1v) is 9.19. The van der Waals surface area contributed by atoms with Gasteiger partial charge < -0.3 is 9.84 Å². The summed E-state index contributed by atoms with van der Waals surface area (Å²) in [6, 6.07) is 3.39. The van der Waals surface area contributed by atoms with Gasteiger partial charge in [0.1, 0.15) is 18.0 Å². The van der Waals surface area contributed by atoms with E-state index in [4.69, 9.17) is 4.74 Å². The molecule has 3 aromatic heterocycles. The SMILES string of the molecule is COc1cncc(-c2cc(C)c3c(n2)C(C)(O)N(c2cnn(CC(F)(F)F)c2)C3=O)c1. The Bertz CT molecular complexity index is 1170. The van der Waals surface area contributed by atoms with Gasteiger partial charge in [0.15, 0.2) is 5.72 Å². The number of halogens is 3. The first-order chi connectivity index (χ1) is 14.5. The third-order valence-electron chi connectivity index (χ3n) is 4.98. The molecule has 1 aliphatic rings. The van der Waals surface area contributed by atoms with Gasteiger partial charge >= 0.3 is 6.18 Å². The Labute approximate surface area is 174 Å². The molecular weight excluding hydrogens is 415 g/mol. The summed E-state index contributed by atoms with van der Waals surface area (Å²) in [4.78, 5) is 22.7. The van der Waals surface area contributed by atoms with E-state index >= 15 is 0 Å². The van der Waals surface area contributed by atoms with Gasteiger partial charge in [0.25, 0.3) is 5.91 Å². The van der Waals surface area contributed by atoms with E-state index in [9.17, 15) is 23.1 Å². The Hall–Kier alpha value is -3.47. The van der Waals surface area contributed by atoms with Crippen molar-refractivity contribution in [3.63, 3.8) is 0 Å². The summed E-state index contributed by atoms with van der Waals surface area (Å²) in [5.41, 5.74) is 0.0489. The molecule has 162 valence electrons. The number of amides is 1. The number of ether oxygens (including phenoxy) is 1. The molecule has 8 nitrogen and oxygen atoms in total. The first-order valence-electron chi connectivity index (χ1n) is 9.19. The summed E-state index contributed by atoms with van der Waals surface area (Å²) in [6.45, 7) is 1.74. The lowest BCUT2D eigenvalue weighted by Crippen LogP contribution is -2.41. The highest BCUT2D eigenvalue weighted by molar-refractivity contribution is 6.12. The summed E-state index contributed by atoms with van der Waals surface area (Å²) < 4.78 is 43.8. The molecule has 11 heteroatoms. The van der Waals surface area contributed by atoms with Gasteiger partial charge in [0.2, 0.25) is 0 Å². The maximum atomic E-state index is 13.1. The van der Waals surface area contributed by atoms with Crippen LogP contribution in [0.1, 0.15) is 28.5 Å². The van der Waals surface area contributed by atoms with Crippen LogP contribution in [-0.4, -0.2) is 44.0 Å². The Kier molecular flexibility index (Phi) is 4.73. The number of hydrogen-bond acceptors (Lipinski definition) is 6. The standard InChI is InChI=1S/C20H18F3N5O3/c1-11-4-15(12-5-14(31-3)8-24-6-12)26-17-16(11)18(29)28(19(17,2)30)13-7-25-27(9-13)10-20(21,22)23/h4-9,30H,10H2,1-3H3. The molecule has 0 saturated carbocycles. The fourth-order valence-electron chi connectivity index (χ4n) is 3.63. The number of pyridine rings is 2. The van der Waals surface area contributed by atoms with E-state index in [2.05, 4.69) is 15.1 Å². The third kappa shape index (κ3) is 3.61. The van der Waals surface area contributed by atoms with Crippen molar-refractivity contribution in [2.75, 3.05) is 12.0 Å². The Morgan fingerprint density at radius 3 is 2.65 bits per heavy atom. The minimum atomic E-state index is -4.47. The number of carbonyl (C=O) groups excluding carboxylic acids is 1. The molecule has 1 atom stereocenters. The number of aryl methyl sites for hydroxylation is 1. The van der Waals surface area contributed by atoms with Crippen LogP contribution in [0.5, 0.6) is 5.75 Å². The van der Waals surface area contributed by atoms with Gasteiger partial charge in [-0.05, 0) is 31.5 Å². The summed E-state index contributed by atoms with van der Waals surface area (Å²) in [6.07, 6.45) is 0.798. The molecule has 0 aliphatic carbocycles. The van der Waals surface area contributed by atoms with Crippen molar-refractivity contribution in [1.29, 1.82) is 0 Å². The van der Waals surface area contributed by atoms with Crippen LogP contribution in [0.4, 0.5) is 18.9 Å². The summed E-state index contributed by atoms with van der Waals surface area (Å²) >= 11 is 0. The number of nitrogens with zero attached hydrogens (tertiary/aromatic N) is 5. The van der Waals surface area contributed by atoms with Crippen LogP contribution < -0.4 is 9.64 Å². The predicted molar refractivity (Wildman–Crippen MR) is 103 cm³/mol. The van der Waals surface area contributed by atoms with Crippen molar-refractivity contribution in [2.45, 2.75) is 32.3 Å². The van der Waals surface area contributed by atoms with Gasteiger partial charge in [-0.25, -0.2) is 4.98 Å². The zero-order valence-corrected chi connectivity index (χ0v) is 16.8. The summed E-state index contributed by atoms with van der Waals surface area (Å²) in [5, 5.41) is 14.9. The maximum Gasteiger partial charge on any atom is 0.408 e. The topological polar surface area (TPSA) is 93.4 Å². The molecule has 1 amide bonds. The smallest absolute Gasteiger partial charge is 0.408 e. The van der Waals surface area contributed by atoms with Crippen molar-refractivity contribution in [3.05, 3.63) is 53.7 Å². The van der Waals surface area contributed by atoms with Crippen molar-refractivity contribution < 1.29 is 27.8 Å². The van der Waals surface area contributed by atoms with Crippen LogP contribution in [0.15, 0.2) is 36.9 Å². The highest BCUT2D eigenvalue weighted by Gasteiger charge is 2.49. The number of alkyl halides is 3. The number of hydrogen-bond donors (Lipinski definition) is 1. The second-order valence-electron chi connectivity index (χ2n) is 7.33. The Morgan fingerprint density at radius 1 is 1.23 bits per heavy atom. The van der Waals surface area contributed by atoms with E-state index in [0.29, 0.717) is 27.3 Å². The highest BCUT2D eigenvalue weighted by Crippen LogP contribution is 2.41. The minimum Gasteiger partial charge on any atom is -0.495 e. The lowest BCUT2D eigenvalue weighted by molar-refractivity contribution is -0.142. The third-order valence-corrected chi connectivity index (χ3v) is 4.98. The minimum absolute atomic E-state index is 0.0289. The molecule has 0 spiro atoms. The van der Waals surface area contributed by atoms with Gasteiger partial charge in [-0.2, -0.15) is 18.3 Å². The van der Waals surface area contributed by atoms with Gasteiger partial charge in [-0.1, -0.05) is 0 Å². The fraction of sp³-hybridized carbons (Fsp3) is 0.300. The van der Waals surface area contributed by atoms with Crippen molar-refractivity contribution in [1.82, 2.24) is 19.7 Å². The fourth-order valence-corrected chi connectivity index (χ4v) is 3.63. The zero-order chi connectivity index (χ0) is 22.6. The maximum absolute atomic E-state index is 13.1. The first kappa shape index (κ1) is 20.8. The molecule has 1 aliphatic heterocycles. The van der Waals surface area contributed by atoms with Crippen LogP contribution in [0.3, 0.4) is 0 Å². The number of aliphatic hydroxyl groups is 1. The Balaban J connectivity index is 1.77. The molecule has 0 saturated heterocycles. The Morgan fingerprint density at radius 2 is 1.97 bits per heavy atom. The second kappa shape index (κ2) is 7.05. The normalized spacial score (nSPS) is 18.4. The molecule has 0 radical (unpaired) electrons. The quantitative estimate of drug-likeness (QED) is 0.680. The molecule has 4 heterocycles. The molecule has 4 rings (SSSR count). The molecule has 1 N–H and O–H groups in total. The van der Waals surface area contributed by atoms with Crippen molar-refractivity contribution in [3.8, 4) is 17.0 Å². The van der Waals surface area contributed by atoms with Crippen molar-refractivity contribution in [2.24, 2.45) is 0 Å². The average molecular weight is 433 g/mol. The molecule has 3 aromatic rings. The van der Waals surface area contributed by atoms with E-state index in [1.807, 2.05) is 0 Å². The van der Waals surface area contributed by atoms with Crippen LogP contribution in [-0.2, 0) is 12.3 Å². The van der Waals surface area contributed by atoms with Gasteiger partial charge in [-0.15, -0.1) is 0 Å². The van der Waals surface area contributed by atoms with Crippen LogP contribution in [0.2, 0.25) is 0 Å². The lowest BCUT2D eigenvalue weighted by atomic mass is 10.0. The summed E-state index contributed by atoms with van der Waals surface area (Å²) in [7, 11) is 1.50. The number of aromatic nitrogens is 4. The lowest BCUT2D eigenvalue weighted by Gasteiger charge is -2.28. The zero-order valence-electron chi connectivity index (χ0n) is 16.8. The number of anilines is 1. The molecule has 1 unspecified atom stereocenters. The van der Waals surface area contributed by atoms with Gasteiger partial charge in [0.05, 0.1) is 36.4 Å². The number of fused-ring (bicyclic) bond motifs is 1. The number of methoxy groups -OCH3 is 1. The van der Waals surface area contributed by atoms with Crippen LogP contribution in [0.25, 0.3) is 11.3 Å². The molecule has 0 aromatic carbocycles. The van der Waals surface area contributed by atoms with E-state index in [1.165, 1.54) is 20.2 Å². The van der Waals surface area contributed by atoms with Gasteiger partial charge in [0, 0.05) is 18.0 Å². The predicted octanol–water partition coefficient (Wildman–Crippen LogP) is 3.04. The van der Waals surface area contributed by atoms with Gasteiger partial charge in [-0.3, -0.25) is 19.4 Å². The molecule has 31 heavy (non-hydrogen) atoms. The van der Waals surface area contributed by atoms with E-state index in [1.54, 1.807) is 25.3 Å². The summed E-state index contributed by atoms with van der Waals surface area (Å²) in [5.74, 6) is -0.0640. The van der Waals surface area contributed by atoms with E-state index in [-0.39, 0.29) is 16.9 Å². The second-order valence-corrected chi connectivity index (χ2v) is 7.33. The number of rotatable bonds is 4. The van der Waals surface area contributed by atoms with Crippen LogP contribution >= 0.6 is 0 Å². The highest BCUT2D eigenvalue weighted by atomic mass is 19.4.